The number of alkyl halides is 3. The fraction of sp³-hybridized carbons (Fsp3) is 0.625. The highest BCUT2D eigenvalue weighted by Gasteiger charge is 2.34. The third kappa shape index (κ3) is 5.00. The van der Waals surface area contributed by atoms with Gasteiger partial charge < -0.3 is 9.64 Å². The van der Waals surface area contributed by atoms with Gasteiger partial charge in [-0.05, 0) is 45.7 Å². The fourth-order valence-electron chi connectivity index (χ4n) is 2.60. The highest BCUT2D eigenvalue weighted by atomic mass is 35.5. The molecule has 1 fully saturated rings. The van der Waals surface area contributed by atoms with Gasteiger partial charge in [0.1, 0.15) is 10.8 Å². The molecule has 0 aromatic carbocycles. The van der Waals surface area contributed by atoms with Crippen LogP contribution in [0.25, 0.3) is 0 Å². The average Bonchev–Trinajstić information content (AvgIpc) is 2.44. The molecule has 0 saturated carbocycles. The topological polar surface area (TPSA) is 42.4 Å². The highest BCUT2D eigenvalue weighted by Crippen LogP contribution is 2.34. The summed E-state index contributed by atoms with van der Waals surface area (Å²) in [6.07, 6.45) is -3.64. The number of nitrogens with zero attached hydrogens (tertiary/aromatic N) is 2. The number of carbonyl (C=O) groups is 1. The fourth-order valence-corrected chi connectivity index (χ4v) is 2.82. The molecular formula is C16H20ClF3N2O2. The zero-order valence-electron chi connectivity index (χ0n) is 13.8. The molecule has 1 atom stereocenters. The Balaban J connectivity index is 2.18. The van der Waals surface area contributed by atoms with Crippen LogP contribution in [-0.4, -0.2) is 34.7 Å². The normalized spacial score (nSPS) is 19.3. The lowest BCUT2D eigenvalue weighted by Gasteiger charge is -2.34. The van der Waals surface area contributed by atoms with E-state index < -0.39 is 23.4 Å². The van der Waals surface area contributed by atoms with Crippen LogP contribution in [0.2, 0.25) is 5.15 Å². The van der Waals surface area contributed by atoms with E-state index in [0.29, 0.717) is 19.4 Å². The molecule has 8 heteroatoms. The molecule has 1 amide bonds. The third-order valence-corrected chi connectivity index (χ3v) is 3.83. The van der Waals surface area contributed by atoms with E-state index in [0.717, 1.165) is 12.1 Å². The van der Waals surface area contributed by atoms with Crippen molar-refractivity contribution in [3.63, 3.8) is 0 Å². The van der Waals surface area contributed by atoms with Gasteiger partial charge in [-0.2, -0.15) is 13.2 Å². The molecule has 0 spiro atoms. The highest BCUT2D eigenvalue weighted by molar-refractivity contribution is 6.29. The number of hydrogen-bond acceptors (Lipinski definition) is 3. The molecule has 0 N–H and O–H groups in total. The van der Waals surface area contributed by atoms with Gasteiger partial charge in [0.25, 0.3) is 0 Å². The van der Waals surface area contributed by atoms with Crippen LogP contribution in [0.15, 0.2) is 12.1 Å². The lowest BCUT2D eigenvalue weighted by Crippen LogP contribution is -2.42. The number of piperidine rings is 1. The first kappa shape index (κ1) is 18.8. The van der Waals surface area contributed by atoms with E-state index >= 15 is 0 Å². The second-order valence-corrected chi connectivity index (χ2v) is 7.25. The maximum Gasteiger partial charge on any atom is 0.416 e. The number of hydrogen-bond donors (Lipinski definition) is 0. The minimum atomic E-state index is -4.49. The Morgan fingerprint density at radius 2 is 2.00 bits per heavy atom. The molecule has 0 radical (unpaired) electrons. The van der Waals surface area contributed by atoms with Crippen LogP contribution in [-0.2, 0) is 10.9 Å². The third-order valence-electron chi connectivity index (χ3n) is 3.63. The summed E-state index contributed by atoms with van der Waals surface area (Å²) in [5.41, 5.74) is -1.20. The van der Waals surface area contributed by atoms with Crippen molar-refractivity contribution < 1.29 is 22.7 Å². The van der Waals surface area contributed by atoms with E-state index in [4.69, 9.17) is 16.3 Å². The monoisotopic (exact) mass is 364 g/mol. The number of likely N-dealkylation sites (tertiary alicyclic amines) is 1. The lowest BCUT2D eigenvalue weighted by molar-refractivity contribution is -0.137. The van der Waals surface area contributed by atoms with Crippen molar-refractivity contribution >= 4 is 17.7 Å². The van der Waals surface area contributed by atoms with Crippen molar-refractivity contribution in [2.75, 3.05) is 13.1 Å². The van der Waals surface area contributed by atoms with Gasteiger partial charge in [-0.25, -0.2) is 9.78 Å². The Kier molecular flexibility index (Phi) is 5.32. The molecule has 1 aliphatic heterocycles. The van der Waals surface area contributed by atoms with Crippen LogP contribution >= 0.6 is 11.6 Å². The summed E-state index contributed by atoms with van der Waals surface area (Å²) in [4.78, 5) is 17.7. The van der Waals surface area contributed by atoms with E-state index in [2.05, 4.69) is 4.98 Å². The van der Waals surface area contributed by atoms with Crippen molar-refractivity contribution in [3.8, 4) is 0 Å². The van der Waals surface area contributed by atoms with Gasteiger partial charge in [-0.3, -0.25) is 0 Å². The average molecular weight is 365 g/mol. The molecule has 0 bridgehead atoms. The molecule has 1 aliphatic rings. The van der Waals surface area contributed by atoms with Crippen molar-refractivity contribution in [1.82, 2.24) is 9.88 Å². The summed E-state index contributed by atoms with van der Waals surface area (Å²) in [7, 11) is 0. The molecule has 0 aliphatic carbocycles. The second kappa shape index (κ2) is 6.78. The van der Waals surface area contributed by atoms with Crippen LogP contribution in [0.5, 0.6) is 0 Å². The van der Waals surface area contributed by atoms with Gasteiger partial charge in [-0.15, -0.1) is 0 Å². The van der Waals surface area contributed by atoms with E-state index in [9.17, 15) is 18.0 Å². The van der Waals surface area contributed by atoms with Crippen LogP contribution in [0.3, 0.4) is 0 Å². The number of halogens is 4. The minimum Gasteiger partial charge on any atom is -0.444 e. The Morgan fingerprint density at radius 1 is 1.33 bits per heavy atom. The quantitative estimate of drug-likeness (QED) is 0.668. The molecule has 134 valence electrons. The molecule has 4 nitrogen and oxygen atoms in total. The number of rotatable bonds is 1. The van der Waals surface area contributed by atoms with Gasteiger partial charge in [0, 0.05) is 24.7 Å². The first-order valence-corrected chi connectivity index (χ1v) is 8.06. The number of amides is 1. The summed E-state index contributed by atoms with van der Waals surface area (Å²) >= 11 is 5.74. The van der Waals surface area contributed by atoms with Crippen LogP contribution < -0.4 is 0 Å². The van der Waals surface area contributed by atoms with E-state index in [1.807, 2.05) is 0 Å². The van der Waals surface area contributed by atoms with Crippen LogP contribution in [0.4, 0.5) is 18.0 Å². The van der Waals surface area contributed by atoms with Crippen molar-refractivity contribution in [1.29, 1.82) is 0 Å². The molecule has 1 aromatic heterocycles. The van der Waals surface area contributed by atoms with E-state index in [-0.39, 0.29) is 23.3 Å². The number of carbonyl (C=O) groups excluding carboxylic acids is 1. The summed E-state index contributed by atoms with van der Waals surface area (Å²) in [5.74, 6) is -0.300. The largest absolute Gasteiger partial charge is 0.444 e. The second-order valence-electron chi connectivity index (χ2n) is 6.87. The summed E-state index contributed by atoms with van der Waals surface area (Å²) < 4.78 is 44.1. The Labute approximate surface area is 143 Å². The lowest BCUT2D eigenvalue weighted by atomic mass is 9.93. The number of pyridine rings is 1. The minimum absolute atomic E-state index is 0.200. The molecule has 24 heavy (non-hydrogen) atoms. The molecule has 1 unspecified atom stereocenters. The first-order valence-electron chi connectivity index (χ1n) is 7.68. The van der Waals surface area contributed by atoms with Crippen molar-refractivity contribution in [2.45, 2.75) is 51.3 Å². The van der Waals surface area contributed by atoms with Crippen LogP contribution in [0, 0.1) is 0 Å². The first-order chi connectivity index (χ1) is 11.0. The zero-order chi connectivity index (χ0) is 18.1. The number of aromatic nitrogens is 1. The van der Waals surface area contributed by atoms with Gasteiger partial charge in [0.15, 0.2) is 0 Å². The molecular weight excluding hydrogens is 345 g/mol. The molecule has 2 heterocycles. The van der Waals surface area contributed by atoms with Crippen molar-refractivity contribution in [3.05, 3.63) is 28.5 Å². The SMILES string of the molecule is CC(C)(C)OC(=O)N1CCCC(c2cc(C(F)(F)F)cc(Cl)n2)C1. The molecule has 2 rings (SSSR count). The van der Waals surface area contributed by atoms with E-state index in [1.165, 1.54) is 4.90 Å². The van der Waals surface area contributed by atoms with Gasteiger partial charge in [0.05, 0.1) is 5.56 Å². The smallest absolute Gasteiger partial charge is 0.416 e. The predicted molar refractivity (Wildman–Crippen MR) is 84.0 cm³/mol. The molecule has 1 aromatic rings. The van der Waals surface area contributed by atoms with E-state index in [1.54, 1.807) is 20.8 Å². The van der Waals surface area contributed by atoms with Crippen molar-refractivity contribution in [2.24, 2.45) is 0 Å². The van der Waals surface area contributed by atoms with Crippen LogP contribution in [0.1, 0.15) is 50.8 Å². The summed E-state index contributed by atoms with van der Waals surface area (Å²) in [6, 6.07) is 1.81. The maximum atomic E-state index is 12.9. The molecule has 1 saturated heterocycles. The van der Waals surface area contributed by atoms with Gasteiger partial charge in [0.2, 0.25) is 0 Å². The maximum absolute atomic E-state index is 12.9. The predicted octanol–water partition coefficient (Wildman–Crippen LogP) is 4.87. The Bertz CT molecular complexity index is 614. The standard InChI is InChI=1S/C16H20ClF3N2O2/c1-15(2,3)24-14(23)22-6-4-5-10(9-22)12-7-11(16(18,19)20)8-13(17)21-12/h7-8,10H,4-6,9H2,1-3H3. The summed E-state index contributed by atoms with van der Waals surface area (Å²) in [5, 5.41) is -0.200. The Morgan fingerprint density at radius 3 is 2.58 bits per heavy atom. The number of ether oxygens (including phenoxy) is 1. The Hall–Kier alpha value is -1.50. The zero-order valence-corrected chi connectivity index (χ0v) is 14.5. The van der Waals surface area contributed by atoms with Gasteiger partial charge >= 0.3 is 12.3 Å². The summed E-state index contributed by atoms with van der Waals surface area (Å²) in [6.45, 7) is 6.07. The van der Waals surface area contributed by atoms with Gasteiger partial charge in [-0.1, -0.05) is 11.6 Å².